The molecule has 1 N–H and O–H groups in total. The van der Waals surface area contributed by atoms with Crippen LogP contribution in [0.5, 0.6) is 0 Å². The molecule has 0 heterocycles. The Hall–Kier alpha value is -0.790. The van der Waals surface area contributed by atoms with Crippen LogP contribution in [0.15, 0.2) is 11.3 Å². The summed E-state index contributed by atoms with van der Waals surface area (Å²) in [5.41, 5.74) is 1.03. The SMILES string of the molecule is O=C1CCC(CC2CCCCC2)=C1O. The van der Waals surface area contributed by atoms with Crippen molar-refractivity contribution in [3.05, 3.63) is 11.3 Å². The van der Waals surface area contributed by atoms with E-state index in [1.165, 1.54) is 32.1 Å². The zero-order valence-electron chi connectivity index (χ0n) is 8.59. The number of carbonyl (C=O) groups excluding carboxylic acids is 1. The van der Waals surface area contributed by atoms with E-state index in [0.717, 1.165) is 24.3 Å². The highest BCUT2D eigenvalue weighted by Crippen LogP contribution is 2.33. The minimum Gasteiger partial charge on any atom is -0.504 e. The predicted molar refractivity (Wildman–Crippen MR) is 55.1 cm³/mol. The van der Waals surface area contributed by atoms with Crippen molar-refractivity contribution in [2.45, 2.75) is 51.4 Å². The molecule has 0 amide bonds. The fourth-order valence-electron chi connectivity index (χ4n) is 2.64. The Kier molecular flexibility index (Phi) is 2.90. The summed E-state index contributed by atoms with van der Waals surface area (Å²) in [7, 11) is 0. The Bertz CT molecular complexity index is 259. The zero-order valence-corrected chi connectivity index (χ0v) is 8.59. The summed E-state index contributed by atoms with van der Waals surface area (Å²) in [6.45, 7) is 0. The first-order valence-electron chi connectivity index (χ1n) is 5.71. The number of ketones is 1. The van der Waals surface area contributed by atoms with Gasteiger partial charge in [-0.3, -0.25) is 4.79 Å². The summed E-state index contributed by atoms with van der Waals surface area (Å²) in [5.74, 6) is 0.776. The van der Waals surface area contributed by atoms with E-state index >= 15 is 0 Å². The summed E-state index contributed by atoms with van der Waals surface area (Å²) in [6.07, 6.45) is 8.89. The van der Waals surface area contributed by atoms with Gasteiger partial charge in [-0.15, -0.1) is 0 Å². The van der Waals surface area contributed by atoms with E-state index in [0.29, 0.717) is 6.42 Å². The Balaban J connectivity index is 1.93. The van der Waals surface area contributed by atoms with Crippen molar-refractivity contribution in [3.8, 4) is 0 Å². The van der Waals surface area contributed by atoms with Gasteiger partial charge in [0.25, 0.3) is 0 Å². The molecule has 2 nitrogen and oxygen atoms in total. The highest BCUT2D eigenvalue weighted by Gasteiger charge is 2.25. The number of hydrogen-bond acceptors (Lipinski definition) is 2. The summed E-state index contributed by atoms with van der Waals surface area (Å²) in [4.78, 5) is 11.1. The summed E-state index contributed by atoms with van der Waals surface area (Å²) < 4.78 is 0. The summed E-state index contributed by atoms with van der Waals surface area (Å²) in [6, 6.07) is 0. The molecule has 2 aliphatic rings. The molecule has 14 heavy (non-hydrogen) atoms. The van der Waals surface area contributed by atoms with E-state index in [1.807, 2.05) is 0 Å². The molecule has 2 heteroatoms. The molecule has 0 aromatic rings. The van der Waals surface area contributed by atoms with E-state index in [2.05, 4.69) is 0 Å². The van der Waals surface area contributed by atoms with Gasteiger partial charge < -0.3 is 5.11 Å². The van der Waals surface area contributed by atoms with Gasteiger partial charge in [0.15, 0.2) is 11.5 Å². The summed E-state index contributed by atoms with van der Waals surface area (Å²) >= 11 is 0. The molecule has 0 spiro atoms. The fraction of sp³-hybridized carbons (Fsp3) is 0.750. The average Bonchev–Trinajstić information content (AvgIpc) is 2.52. The van der Waals surface area contributed by atoms with Gasteiger partial charge in [0.05, 0.1) is 0 Å². The Morgan fingerprint density at radius 3 is 2.43 bits per heavy atom. The van der Waals surface area contributed by atoms with Crippen LogP contribution < -0.4 is 0 Å². The third-order valence-electron chi connectivity index (χ3n) is 3.51. The number of Topliss-reactive ketones (excluding diaryl/α,β-unsaturated/α-hetero) is 1. The lowest BCUT2D eigenvalue weighted by molar-refractivity contribution is -0.117. The predicted octanol–water partition coefficient (Wildman–Crippen LogP) is 3.13. The molecule has 2 rings (SSSR count). The molecule has 0 saturated heterocycles. The van der Waals surface area contributed by atoms with Crippen LogP contribution in [0, 0.1) is 5.92 Å². The Morgan fingerprint density at radius 1 is 1.14 bits per heavy atom. The van der Waals surface area contributed by atoms with Gasteiger partial charge in [-0.2, -0.15) is 0 Å². The van der Waals surface area contributed by atoms with Gasteiger partial charge in [-0.25, -0.2) is 0 Å². The van der Waals surface area contributed by atoms with Gasteiger partial charge >= 0.3 is 0 Å². The normalized spacial score (nSPS) is 24.7. The fourth-order valence-corrected chi connectivity index (χ4v) is 2.64. The second-order valence-electron chi connectivity index (χ2n) is 4.58. The zero-order chi connectivity index (χ0) is 9.97. The number of carbonyl (C=O) groups is 1. The average molecular weight is 194 g/mol. The van der Waals surface area contributed by atoms with Gasteiger partial charge in [0.1, 0.15) is 0 Å². The highest BCUT2D eigenvalue weighted by atomic mass is 16.3. The van der Waals surface area contributed by atoms with E-state index < -0.39 is 0 Å². The lowest BCUT2D eigenvalue weighted by atomic mass is 9.84. The number of hydrogen-bond donors (Lipinski definition) is 1. The molecule has 1 fully saturated rings. The van der Waals surface area contributed by atoms with Crippen molar-refractivity contribution in [2.24, 2.45) is 5.92 Å². The standard InChI is InChI=1S/C12H18O2/c13-11-7-6-10(12(11)14)8-9-4-2-1-3-5-9/h9,14H,1-8H2. The topological polar surface area (TPSA) is 37.3 Å². The van der Waals surface area contributed by atoms with Crippen LogP contribution in [0.1, 0.15) is 51.4 Å². The van der Waals surface area contributed by atoms with Crippen molar-refractivity contribution in [1.29, 1.82) is 0 Å². The first-order chi connectivity index (χ1) is 6.77. The number of rotatable bonds is 2. The second kappa shape index (κ2) is 4.16. The number of aliphatic hydroxyl groups is 1. The first kappa shape index (κ1) is 9.75. The molecule has 0 aliphatic heterocycles. The van der Waals surface area contributed by atoms with Gasteiger partial charge in [-0.1, -0.05) is 32.1 Å². The van der Waals surface area contributed by atoms with E-state index in [1.54, 1.807) is 0 Å². The van der Waals surface area contributed by atoms with Crippen molar-refractivity contribution >= 4 is 5.78 Å². The van der Waals surface area contributed by atoms with Gasteiger partial charge in [0.2, 0.25) is 0 Å². The molecule has 78 valence electrons. The molecule has 0 bridgehead atoms. The third-order valence-corrected chi connectivity index (χ3v) is 3.51. The molecule has 0 atom stereocenters. The van der Waals surface area contributed by atoms with Crippen molar-refractivity contribution in [3.63, 3.8) is 0 Å². The lowest BCUT2D eigenvalue weighted by Gasteiger charge is -2.21. The Morgan fingerprint density at radius 2 is 1.86 bits per heavy atom. The van der Waals surface area contributed by atoms with E-state index in [4.69, 9.17) is 0 Å². The van der Waals surface area contributed by atoms with Crippen LogP contribution in [0.25, 0.3) is 0 Å². The molecule has 0 aromatic carbocycles. The van der Waals surface area contributed by atoms with E-state index in [9.17, 15) is 9.90 Å². The monoisotopic (exact) mass is 194 g/mol. The smallest absolute Gasteiger partial charge is 0.197 e. The molecular formula is C12H18O2. The first-order valence-corrected chi connectivity index (χ1v) is 5.71. The van der Waals surface area contributed by atoms with Crippen molar-refractivity contribution in [1.82, 2.24) is 0 Å². The van der Waals surface area contributed by atoms with Crippen LogP contribution in [-0.4, -0.2) is 10.9 Å². The third kappa shape index (κ3) is 1.99. The van der Waals surface area contributed by atoms with Crippen LogP contribution in [0.2, 0.25) is 0 Å². The molecule has 0 aromatic heterocycles. The summed E-state index contributed by atoms with van der Waals surface area (Å²) in [5, 5.41) is 9.52. The number of allylic oxidation sites excluding steroid dienone is 2. The maximum Gasteiger partial charge on any atom is 0.197 e. The quantitative estimate of drug-likeness (QED) is 0.733. The van der Waals surface area contributed by atoms with Crippen LogP contribution in [0.4, 0.5) is 0 Å². The molecule has 1 saturated carbocycles. The maximum atomic E-state index is 11.1. The largest absolute Gasteiger partial charge is 0.504 e. The second-order valence-corrected chi connectivity index (χ2v) is 4.58. The van der Waals surface area contributed by atoms with Crippen LogP contribution >= 0.6 is 0 Å². The molecule has 0 unspecified atom stereocenters. The minimum atomic E-state index is -0.0455. The molecular weight excluding hydrogens is 176 g/mol. The maximum absolute atomic E-state index is 11.1. The van der Waals surface area contributed by atoms with Crippen LogP contribution in [-0.2, 0) is 4.79 Å². The number of aliphatic hydroxyl groups excluding tert-OH is 1. The van der Waals surface area contributed by atoms with E-state index in [-0.39, 0.29) is 11.5 Å². The van der Waals surface area contributed by atoms with Crippen LogP contribution in [0.3, 0.4) is 0 Å². The Labute approximate surface area is 85.0 Å². The van der Waals surface area contributed by atoms with Gasteiger partial charge in [0, 0.05) is 6.42 Å². The highest BCUT2D eigenvalue weighted by molar-refractivity contribution is 5.96. The van der Waals surface area contributed by atoms with Crippen molar-refractivity contribution in [2.75, 3.05) is 0 Å². The van der Waals surface area contributed by atoms with Gasteiger partial charge in [-0.05, 0) is 24.3 Å². The lowest BCUT2D eigenvalue weighted by Crippen LogP contribution is -2.07. The van der Waals surface area contributed by atoms with Crippen molar-refractivity contribution < 1.29 is 9.90 Å². The molecule has 0 radical (unpaired) electrons. The minimum absolute atomic E-state index is 0.0455. The molecule has 2 aliphatic carbocycles.